The van der Waals surface area contributed by atoms with Gasteiger partial charge in [-0.25, -0.2) is 9.78 Å². The van der Waals surface area contributed by atoms with E-state index in [4.69, 9.17) is 32.8 Å². The molecule has 1 unspecified atom stereocenters. The fourth-order valence-corrected chi connectivity index (χ4v) is 6.85. The van der Waals surface area contributed by atoms with E-state index in [0.717, 1.165) is 22.5 Å². The third-order valence-electron chi connectivity index (χ3n) is 6.52. The van der Waals surface area contributed by atoms with E-state index in [1.807, 2.05) is 60.7 Å². The molecule has 11 nitrogen and oxygen atoms in total. The van der Waals surface area contributed by atoms with Crippen molar-refractivity contribution in [1.82, 2.24) is 15.2 Å². The first kappa shape index (κ1) is 31.3. The molecule has 0 aliphatic carbocycles. The number of hydrogen-bond acceptors (Lipinski definition) is 10. The lowest BCUT2D eigenvalue weighted by Crippen LogP contribution is -2.71. The van der Waals surface area contributed by atoms with E-state index in [1.54, 1.807) is 0 Å². The largest absolute Gasteiger partial charge is 0.448 e. The summed E-state index contributed by atoms with van der Waals surface area (Å²) in [6.07, 6.45) is 1.09. The number of nitrogens with one attached hydrogen (secondary N) is 2. The van der Waals surface area contributed by atoms with Crippen LogP contribution in [0.15, 0.2) is 93.0 Å². The number of carbonyl (C=O) groups excluding carboxylic acids is 4. The summed E-state index contributed by atoms with van der Waals surface area (Å²) < 4.78 is 5.97. The van der Waals surface area contributed by atoms with Gasteiger partial charge in [0.2, 0.25) is 6.41 Å². The van der Waals surface area contributed by atoms with E-state index < -0.39 is 35.3 Å². The normalized spacial score (nSPS) is 17.8. The Balaban J connectivity index is 1.41. The Hall–Kier alpha value is -4.17. The van der Waals surface area contributed by atoms with Crippen molar-refractivity contribution in [2.24, 2.45) is 5.16 Å². The third kappa shape index (κ3) is 6.65. The molecule has 5 rings (SSSR count). The fourth-order valence-electron chi connectivity index (χ4n) is 4.63. The van der Waals surface area contributed by atoms with Crippen LogP contribution in [0, 0.1) is 0 Å². The van der Waals surface area contributed by atoms with E-state index in [1.165, 1.54) is 35.2 Å². The molecule has 0 bridgehead atoms. The van der Waals surface area contributed by atoms with Crippen LogP contribution in [-0.2, 0) is 28.8 Å². The number of esters is 1. The molecule has 0 saturated carbocycles. The predicted molar refractivity (Wildman–Crippen MR) is 168 cm³/mol. The Kier molecular flexibility index (Phi) is 10.0. The smallest absolute Gasteiger partial charge is 0.356 e. The SMILES string of the molecule is CO/N=C(/C(=O)NC1C(=O)N2C(C(=O)OC(c3ccccc3)c3ccccc3)=C(C=C(Cl)Cl)CS[C@H]12)c1csc(NC=O)n1. The number of nitrogens with zero attached hydrogens (tertiary/aromatic N) is 3. The van der Waals surface area contributed by atoms with Crippen molar-refractivity contribution < 1.29 is 28.8 Å². The number of fused-ring (bicyclic) bond motifs is 1. The summed E-state index contributed by atoms with van der Waals surface area (Å²) in [6.45, 7) is 0. The number of allylic oxidation sites excluding steroid dienone is 1. The minimum absolute atomic E-state index is 0.0187. The van der Waals surface area contributed by atoms with Crippen molar-refractivity contribution in [1.29, 1.82) is 0 Å². The fraction of sp³-hybridized carbons (Fsp3) is 0.172. The van der Waals surface area contributed by atoms with Gasteiger partial charge in [0.25, 0.3) is 11.8 Å². The van der Waals surface area contributed by atoms with Gasteiger partial charge in [0.15, 0.2) is 16.9 Å². The lowest BCUT2D eigenvalue weighted by molar-refractivity contribution is -0.154. The van der Waals surface area contributed by atoms with Crippen molar-refractivity contribution >= 4 is 81.3 Å². The van der Waals surface area contributed by atoms with Crippen LogP contribution >= 0.6 is 46.3 Å². The number of amides is 3. The second-order valence-electron chi connectivity index (χ2n) is 9.20. The second kappa shape index (κ2) is 14.1. The summed E-state index contributed by atoms with van der Waals surface area (Å²) in [5.41, 5.74) is 1.79. The van der Waals surface area contributed by atoms with Gasteiger partial charge in [0, 0.05) is 11.1 Å². The van der Waals surface area contributed by atoms with Gasteiger partial charge >= 0.3 is 5.97 Å². The summed E-state index contributed by atoms with van der Waals surface area (Å²) in [5.74, 6) is -1.79. The Morgan fingerprint density at radius 2 is 1.77 bits per heavy atom. The Labute approximate surface area is 269 Å². The summed E-state index contributed by atoms with van der Waals surface area (Å²) in [4.78, 5) is 61.7. The number of carbonyl (C=O) groups is 4. The quantitative estimate of drug-likeness (QED) is 0.101. The minimum atomic E-state index is -1.00. The van der Waals surface area contributed by atoms with Gasteiger partial charge in [0.05, 0.1) is 0 Å². The van der Waals surface area contributed by atoms with Gasteiger partial charge in [0.1, 0.15) is 34.4 Å². The van der Waals surface area contributed by atoms with E-state index in [-0.39, 0.29) is 32.5 Å². The van der Waals surface area contributed by atoms with E-state index in [2.05, 4.69) is 20.8 Å². The molecule has 0 spiro atoms. The molecule has 3 amide bonds. The number of aromatic nitrogens is 1. The molecule has 44 heavy (non-hydrogen) atoms. The topological polar surface area (TPSA) is 139 Å². The molecule has 1 aromatic heterocycles. The molecule has 2 aliphatic rings. The van der Waals surface area contributed by atoms with Crippen molar-refractivity contribution in [3.63, 3.8) is 0 Å². The number of rotatable bonds is 11. The Bertz CT molecular complexity index is 1620. The zero-order chi connectivity index (χ0) is 31.2. The maximum atomic E-state index is 13.9. The molecule has 3 aromatic rings. The Morgan fingerprint density at radius 1 is 1.11 bits per heavy atom. The molecule has 0 radical (unpaired) electrons. The maximum absolute atomic E-state index is 13.9. The van der Waals surface area contributed by atoms with Crippen LogP contribution < -0.4 is 10.6 Å². The summed E-state index contributed by atoms with van der Waals surface area (Å²) in [7, 11) is 1.26. The average Bonchev–Trinajstić information content (AvgIpc) is 3.49. The molecule has 15 heteroatoms. The Morgan fingerprint density at radius 3 is 2.36 bits per heavy atom. The third-order valence-corrected chi connectivity index (χ3v) is 8.81. The first-order valence-electron chi connectivity index (χ1n) is 12.9. The molecular formula is C29H23Cl2N5O6S2. The van der Waals surface area contributed by atoms with Gasteiger partial charge in [-0.05, 0) is 22.8 Å². The van der Waals surface area contributed by atoms with Crippen molar-refractivity contribution in [2.75, 3.05) is 18.2 Å². The van der Waals surface area contributed by atoms with Crippen molar-refractivity contribution in [2.45, 2.75) is 17.5 Å². The van der Waals surface area contributed by atoms with Crippen molar-refractivity contribution in [3.05, 3.63) is 105 Å². The van der Waals surface area contributed by atoms with Crippen LogP contribution in [0.2, 0.25) is 0 Å². The predicted octanol–water partition coefficient (Wildman–Crippen LogP) is 4.37. The van der Waals surface area contributed by atoms with Gasteiger partial charge < -0.3 is 20.2 Å². The second-order valence-corrected chi connectivity index (χ2v) is 12.2. The lowest BCUT2D eigenvalue weighted by atomic mass is 10.0. The first-order valence-corrected chi connectivity index (χ1v) is 15.6. The van der Waals surface area contributed by atoms with Crippen LogP contribution in [0.25, 0.3) is 0 Å². The first-order chi connectivity index (χ1) is 21.3. The molecule has 2 aromatic carbocycles. The van der Waals surface area contributed by atoms with E-state index in [9.17, 15) is 19.2 Å². The molecule has 1 fully saturated rings. The summed E-state index contributed by atoms with van der Waals surface area (Å²) in [6, 6.07) is 17.4. The van der Waals surface area contributed by atoms with Crippen LogP contribution in [-0.4, -0.2) is 64.1 Å². The summed E-state index contributed by atoms with van der Waals surface area (Å²) >= 11 is 14.3. The van der Waals surface area contributed by atoms with E-state index in [0.29, 0.717) is 12.0 Å². The lowest BCUT2D eigenvalue weighted by Gasteiger charge is -2.49. The number of oxime groups is 1. The summed E-state index contributed by atoms with van der Waals surface area (Å²) in [5, 5.41) is 9.95. The highest BCUT2D eigenvalue weighted by Gasteiger charge is 2.54. The highest BCUT2D eigenvalue weighted by Crippen LogP contribution is 2.42. The molecule has 2 N–H and O–H groups in total. The number of thiazole rings is 1. The molecule has 1 saturated heterocycles. The number of β-lactam (4-membered cyclic amide) rings is 1. The number of halogens is 2. The molecule has 2 aliphatic heterocycles. The standard InChI is InChI=1S/C29H23Cl2N5O6S2/c1-41-35-21(19-14-44-29(33-19)32-15-37)25(38)34-22-26(39)36-23(18(12-20(30)31)13-43-27(22)36)28(40)42-24(16-8-4-2-5-9-16)17-10-6-3-7-11-17/h2-12,14-15,22,24,27H,13H2,1H3,(H,34,38)(H,32,33,37)/b35-21+/t22?,27-/m1/s1. The number of hydrogen-bond donors (Lipinski definition) is 2. The van der Waals surface area contributed by atoms with Crippen molar-refractivity contribution in [3.8, 4) is 0 Å². The molecule has 226 valence electrons. The number of anilines is 1. The highest BCUT2D eigenvalue weighted by atomic mass is 35.5. The zero-order valence-electron chi connectivity index (χ0n) is 22.8. The van der Waals surface area contributed by atoms with Gasteiger partial charge in [-0.15, -0.1) is 23.1 Å². The number of ether oxygens (including phenoxy) is 1. The van der Waals surface area contributed by atoms with E-state index >= 15 is 0 Å². The van der Waals surface area contributed by atoms with Gasteiger partial charge in [-0.3, -0.25) is 19.3 Å². The molecule has 3 heterocycles. The monoisotopic (exact) mass is 671 g/mol. The van der Waals surface area contributed by atoms with Crippen LogP contribution in [0.4, 0.5) is 5.13 Å². The van der Waals surface area contributed by atoms with Crippen LogP contribution in [0.5, 0.6) is 0 Å². The van der Waals surface area contributed by atoms with Gasteiger partial charge in [-0.1, -0.05) is 89.0 Å². The number of benzene rings is 2. The van der Waals surface area contributed by atoms with Crippen LogP contribution in [0.1, 0.15) is 22.9 Å². The number of thioether (sulfide) groups is 1. The van der Waals surface area contributed by atoms with Gasteiger partial charge in [-0.2, -0.15) is 0 Å². The molecule has 2 atom stereocenters. The average molecular weight is 673 g/mol. The minimum Gasteiger partial charge on any atom is -0.448 e. The maximum Gasteiger partial charge on any atom is 0.356 e. The molecular weight excluding hydrogens is 649 g/mol. The highest BCUT2D eigenvalue weighted by molar-refractivity contribution is 8.00. The zero-order valence-corrected chi connectivity index (χ0v) is 26.0. The van der Waals surface area contributed by atoms with Crippen LogP contribution in [0.3, 0.4) is 0 Å².